The Bertz CT molecular complexity index is 165. The monoisotopic (exact) mass is 261 g/mol. The number of hydrogen-bond acceptors (Lipinski definition) is 4. The lowest BCUT2D eigenvalue weighted by atomic mass is 10.1. The molecular weight excluding hydrogens is 230 g/mol. The van der Waals surface area contributed by atoms with Crippen LogP contribution in [0.1, 0.15) is 71.1 Å². The van der Waals surface area contributed by atoms with Gasteiger partial charge in [-0.3, -0.25) is 0 Å². The maximum absolute atomic E-state index is 9.26. The van der Waals surface area contributed by atoms with E-state index in [0.29, 0.717) is 6.54 Å². The maximum Gasteiger partial charge on any atom is 0.166 e. The highest BCUT2D eigenvalue weighted by atomic mass is 16.5. The molecule has 0 radical (unpaired) electrons. The van der Waals surface area contributed by atoms with Crippen LogP contribution in [0.2, 0.25) is 0 Å². The van der Waals surface area contributed by atoms with E-state index in [1.165, 1.54) is 51.4 Å². The Morgan fingerprint density at radius 2 is 1.22 bits per heavy atom. The van der Waals surface area contributed by atoms with Crippen LogP contribution in [-0.4, -0.2) is 39.9 Å². The fourth-order valence-corrected chi connectivity index (χ4v) is 2.06. The van der Waals surface area contributed by atoms with E-state index in [4.69, 9.17) is 10.2 Å². The lowest BCUT2D eigenvalue weighted by Crippen LogP contribution is -2.30. The van der Waals surface area contributed by atoms with Crippen LogP contribution in [0.25, 0.3) is 0 Å². The average molecular weight is 261 g/mol. The molecule has 4 nitrogen and oxygen atoms in total. The zero-order chi connectivity index (χ0) is 13.6. The number of aliphatic hydroxyl groups excluding tert-OH is 1. The van der Waals surface area contributed by atoms with Crippen molar-refractivity contribution < 1.29 is 15.4 Å². The molecule has 0 bridgehead atoms. The fraction of sp³-hybridized carbons (Fsp3) is 1.00. The zero-order valence-electron chi connectivity index (χ0n) is 11.9. The van der Waals surface area contributed by atoms with Crippen molar-refractivity contribution in [1.82, 2.24) is 5.06 Å². The molecule has 0 rings (SSSR count). The summed E-state index contributed by atoms with van der Waals surface area (Å²) in [5.41, 5.74) is 0. The van der Waals surface area contributed by atoms with E-state index in [2.05, 4.69) is 6.92 Å². The molecule has 0 saturated heterocycles. The van der Waals surface area contributed by atoms with Gasteiger partial charge in [-0.2, -0.15) is 5.06 Å². The molecule has 0 aromatic rings. The number of rotatable bonds is 13. The first-order valence-corrected chi connectivity index (χ1v) is 7.46. The van der Waals surface area contributed by atoms with E-state index in [9.17, 15) is 5.21 Å². The van der Waals surface area contributed by atoms with E-state index in [0.717, 1.165) is 17.9 Å². The lowest BCUT2D eigenvalue weighted by Gasteiger charge is -2.15. The summed E-state index contributed by atoms with van der Waals surface area (Å²) in [5, 5.41) is 27.5. The molecule has 0 heterocycles. The Hall–Kier alpha value is -0.160. The van der Waals surface area contributed by atoms with E-state index in [1.54, 1.807) is 0 Å². The first kappa shape index (κ1) is 17.8. The van der Waals surface area contributed by atoms with Crippen molar-refractivity contribution in [1.29, 1.82) is 0 Å². The van der Waals surface area contributed by atoms with Crippen LogP contribution in [0, 0.1) is 0 Å². The minimum Gasteiger partial charge on any atom is -0.367 e. The van der Waals surface area contributed by atoms with Crippen LogP contribution < -0.4 is 0 Å². The second-order valence-electron chi connectivity index (χ2n) is 5.08. The molecule has 0 atom stereocenters. The summed E-state index contributed by atoms with van der Waals surface area (Å²) in [4.78, 5) is 0. The third-order valence-electron chi connectivity index (χ3n) is 3.14. The molecule has 0 fully saturated rings. The largest absolute Gasteiger partial charge is 0.367 e. The molecule has 0 aliphatic rings. The number of nitrogens with zero attached hydrogens (tertiary/aromatic N) is 1. The number of hydrogen-bond donors (Lipinski definition) is 3. The lowest BCUT2D eigenvalue weighted by molar-refractivity contribution is -0.158. The van der Waals surface area contributed by atoms with Crippen LogP contribution in [0.15, 0.2) is 0 Å². The summed E-state index contributed by atoms with van der Waals surface area (Å²) >= 11 is 0. The summed E-state index contributed by atoms with van der Waals surface area (Å²) in [6.45, 7) is 2.67. The van der Waals surface area contributed by atoms with Crippen molar-refractivity contribution in [2.75, 3.05) is 13.1 Å². The van der Waals surface area contributed by atoms with Crippen molar-refractivity contribution in [2.45, 2.75) is 77.4 Å². The van der Waals surface area contributed by atoms with E-state index in [-0.39, 0.29) is 6.54 Å². The molecule has 0 amide bonds. The minimum atomic E-state index is -1.45. The summed E-state index contributed by atoms with van der Waals surface area (Å²) < 4.78 is 0. The molecule has 0 saturated carbocycles. The van der Waals surface area contributed by atoms with Gasteiger partial charge in [0, 0.05) is 6.54 Å². The Morgan fingerprint density at radius 3 is 1.67 bits per heavy atom. The van der Waals surface area contributed by atoms with E-state index >= 15 is 0 Å². The van der Waals surface area contributed by atoms with Crippen LogP contribution >= 0.6 is 0 Å². The quantitative estimate of drug-likeness (QED) is 0.271. The van der Waals surface area contributed by atoms with Gasteiger partial charge in [-0.1, -0.05) is 64.7 Å². The highest BCUT2D eigenvalue weighted by molar-refractivity contribution is 4.50. The summed E-state index contributed by atoms with van der Waals surface area (Å²) in [5.74, 6) is 0. The maximum atomic E-state index is 9.26. The predicted octanol–water partition coefficient (Wildman–Crippen LogP) is 2.91. The molecule has 110 valence electrons. The summed E-state index contributed by atoms with van der Waals surface area (Å²) in [6.07, 6.45) is 11.1. The van der Waals surface area contributed by atoms with Crippen molar-refractivity contribution in [3.63, 3.8) is 0 Å². The van der Waals surface area contributed by atoms with Gasteiger partial charge in [0.15, 0.2) is 6.29 Å². The third kappa shape index (κ3) is 13.9. The van der Waals surface area contributed by atoms with Crippen molar-refractivity contribution in [2.24, 2.45) is 0 Å². The van der Waals surface area contributed by atoms with Gasteiger partial charge in [-0.15, -0.1) is 0 Å². The van der Waals surface area contributed by atoms with Gasteiger partial charge in [0.2, 0.25) is 0 Å². The van der Waals surface area contributed by atoms with Crippen LogP contribution in [-0.2, 0) is 0 Å². The average Bonchev–Trinajstić information content (AvgIpc) is 2.30. The standard InChI is InChI=1S/C14H31NO3/c1-2-3-4-5-6-7-8-9-10-11-12-15(18)13-14(16)17/h14,16-18H,2-13H2,1H3. The van der Waals surface area contributed by atoms with Gasteiger partial charge in [-0.25, -0.2) is 0 Å². The zero-order valence-corrected chi connectivity index (χ0v) is 11.9. The Kier molecular flexibility index (Phi) is 13.2. The van der Waals surface area contributed by atoms with Crippen molar-refractivity contribution in [3.8, 4) is 0 Å². The van der Waals surface area contributed by atoms with E-state index in [1.807, 2.05) is 0 Å². The van der Waals surface area contributed by atoms with Crippen molar-refractivity contribution in [3.05, 3.63) is 0 Å². The second-order valence-corrected chi connectivity index (χ2v) is 5.08. The van der Waals surface area contributed by atoms with Gasteiger partial charge in [-0.05, 0) is 6.42 Å². The van der Waals surface area contributed by atoms with Crippen LogP contribution in [0.4, 0.5) is 0 Å². The molecule has 3 N–H and O–H groups in total. The minimum absolute atomic E-state index is 0.0859. The predicted molar refractivity (Wildman–Crippen MR) is 73.4 cm³/mol. The van der Waals surface area contributed by atoms with Gasteiger partial charge in [0.1, 0.15) is 0 Å². The third-order valence-corrected chi connectivity index (χ3v) is 3.14. The highest BCUT2D eigenvalue weighted by Gasteiger charge is 2.04. The summed E-state index contributed by atoms with van der Waals surface area (Å²) in [6, 6.07) is 0. The normalized spacial score (nSPS) is 11.7. The van der Waals surface area contributed by atoms with Crippen LogP contribution in [0.3, 0.4) is 0 Å². The smallest absolute Gasteiger partial charge is 0.166 e. The first-order chi connectivity index (χ1) is 8.66. The van der Waals surface area contributed by atoms with Gasteiger partial charge < -0.3 is 15.4 Å². The van der Waals surface area contributed by atoms with Gasteiger partial charge in [0.05, 0.1) is 6.54 Å². The number of aliphatic hydroxyl groups is 2. The summed E-state index contributed by atoms with van der Waals surface area (Å²) in [7, 11) is 0. The number of unbranched alkanes of at least 4 members (excludes halogenated alkanes) is 9. The molecule has 0 aliphatic heterocycles. The molecule has 4 heteroatoms. The first-order valence-electron chi connectivity index (χ1n) is 7.46. The molecule has 0 aromatic carbocycles. The van der Waals surface area contributed by atoms with E-state index < -0.39 is 6.29 Å². The second kappa shape index (κ2) is 13.3. The Balaban J connectivity index is 3.07. The van der Waals surface area contributed by atoms with Crippen molar-refractivity contribution >= 4 is 0 Å². The molecule has 18 heavy (non-hydrogen) atoms. The fourth-order valence-electron chi connectivity index (χ4n) is 2.06. The molecule has 0 unspecified atom stereocenters. The molecule has 0 aromatic heterocycles. The van der Waals surface area contributed by atoms with Gasteiger partial charge >= 0.3 is 0 Å². The topological polar surface area (TPSA) is 63.9 Å². The van der Waals surface area contributed by atoms with Gasteiger partial charge in [0.25, 0.3) is 0 Å². The molecule has 0 aliphatic carbocycles. The number of hydroxylamine groups is 2. The SMILES string of the molecule is CCCCCCCCCCCCN(O)CC(O)O. The highest BCUT2D eigenvalue weighted by Crippen LogP contribution is 2.10. The Labute approximate surface area is 112 Å². The Morgan fingerprint density at radius 1 is 0.778 bits per heavy atom. The molecular formula is C14H31NO3. The molecule has 0 spiro atoms. The van der Waals surface area contributed by atoms with Crippen LogP contribution in [0.5, 0.6) is 0 Å².